The van der Waals surface area contributed by atoms with Crippen LogP contribution >= 0.6 is 11.6 Å². The Labute approximate surface area is 162 Å². The van der Waals surface area contributed by atoms with Crippen molar-refractivity contribution in [1.82, 2.24) is 15.0 Å². The highest BCUT2D eigenvalue weighted by molar-refractivity contribution is 7.91. The minimum Gasteiger partial charge on any atom is -0.462 e. The number of benzene rings is 2. The summed E-state index contributed by atoms with van der Waals surface area (Å²) in [5.74, 6) is 0.0894. The molecule has 0 spiro atoms. The molecule has 9 heteroatoms. The quantitative estimate of drug-likeness (QED) is 0.597. The normalized spacial score (nSPS) is 11.2. The first-order chi connectivity index (χ1) is 13.0. The number of para-hydroxylation sites is 1. The maximum absolute atomic E-state index is 12.3. The van der Waals surface area contributed by atoms with Crippen LogP contribution < -0.4 is 9.64 Å². The zero-order valence-electron chi connectivity index (χ0n) is 14.5. The molecule has 0 saturated carbocycles. The molecule has 0 atom stereocenters. The van der Waals surface area contributed by atoms with Crippen LogP contribution in [-0.4, -0.2) is 42.8 Å². The molecule has 1 aromatic heterocycles. The van der Waals surface area contributed by atoms with Gasteiger partial charge in [0.1, 0.15) is 6.61 Å². The van der Waals surface area contributed by atoms with Crippen LogP contribution in [0.15, 0.2) is 65.6 Å². The minimum atomic E-state index is -3.45. The molecule has 0 saturated heterocycles. The van der Waals surface area contributed by atoms with Crippen molar-refractivity contribution in [2.75, 3.05) is 24.3 Å². The number of rotatable bonds is 7. The molecule has 140 valence electrons. The highest BCUT2D eigenvalue weighted by Gasteiger charge is 2.16. The third-order valence-electron chi connectivity index (χ3n) is 3.70. The van der Waals surface area contributed by atoms with Crippen molar-refractivity contribution in [3.63, 3.8) is 0 Å². The van der Waals surface area contributed by atoms with Crippen molar-refractivity contribution in [2.45, 2.75) is 4.90 Å². The van der Waals surface area contributed by atoms with E-state index in [2.05, 4.69) is 15.0 Å². The molecule has 27 heavy (non-hydrogen) atoms. The molecular weight excluding hydrogens is 388 g/mol. The molecule has 0 N–H and O–H groups in total. The van der Waals surface area contributed by atoms with E-state index in [0.717, 1.165) is 5.69 Å². The monoisotopic (exact) mass is 404 g/mol. The molecule has 0 unspecified atom stereocenters. The largest absolute Gasteiger partial charge is 0.462 e. The van der Waals surface area contributed by atoms with Gasteiger partial charge in [0.05, 0.1) is 10.6 Å². The lowest BCUT2D eigenvalue weighted by Crippen LogP contribution is -2.17. The number of anilines is 2. The highest BCUT2D eigenvalue weighted by Crippen LogP contribution is 2.22. The smallest absolute Gasteiger partial charge is 0.322 e. The second kappa shape index (κ2) is 8.32. The second-order valence-electron chi connectivity index (χ2n) is 5.56. The number of halogens is 1. The average molecular weight is 405 g/mol. The van der Waals surface area contributed by atoms with E-state index >= 15 is 0 Å². The standard InChI is InChI=1S/C18H17ClN4O3S/c1-23(14-8-4-2-5-9-14)17-20-16(19)21-18(22-17)26-12-13-27(24,25)15-10-6-3-7-11-15/h2-11H,12-13H2,1H3. The molecule has 2 aromatic carbocycles. The molecule has 0 aliphatic carbocycles. The van der Waals surface area contributed by atoms with Gasteiger partial charge in [-0.15, -0.1) is 0 Å². The van der Waals surface area contributed by atoms with Crippen LogP contribution in [-0.2, 0) is 9.84 Å². The Kier molecular flexibility index (Phi) is 5.88. The van der Waals surface area contributed by atoms with Crippen LogP contribution in [0.5, 0.6) is 6.01 Å². The molecule has 7 nitrogen and oxygen atoms in total. The van der Waals surface area contributed by atoms with Gasteiger partial charge in [0, 0.05) is 12.7 Å². The van der Waals surface area contributed by atoms with E-state index in [1.165, 1.54) is 0 Å². The molecule has 1 heterocycles. The third kappa shape index (κ3) is 4.93. The van der Waals surface area contributed by atoms with Gasteiger partial charge in [-0.2, -0.15) is 15.0 Å². The molecular formula is C18H17ClN4O3S. The molecule has 0 aliphatic heterocycles. The van der Waals surface area contributed by atoms with Gasteiger partial charge in [-0.25, -0.2) is 8.42 Å². The van der Waals surface area contributed by atoms with Gasteiger partial charge in [0.2, 0.25) is 11.2 Å². The number of nitrogens with zero attached hydrogens (tertiary/aromatic N) is 4. The summed E-state index contributed by atoms with van der Waals surface area (Å²) in [4.78, 5) is 14.2. The van der Waals surface area contributed by atoms with E-state index in [1.807, 2.05) is 30.3 Å². The fourth-order valence-corrected chi connectivity index (χ4v) is 3.55. The molecule has 0 aliphatic rings. The van der Waals surface area contributed by atoms with Crippen LogP contribution in [0.3, 0.4) is 0 Å². The number of hydrogen-bond acceptors (Lipinski definition) is 7. The first-order valence-electron chi connectivity index (χ1n) is 8.07. The fourth-order valence-electron chi connectivity index (χ4n) is 2.29. The number of ether oxygens (including phenoxy) is 1. The molecule has 0 amide bonds. The second-order valence-corrected chi connectivity index (χ2v) is 8.01. The van der Waals surface area contributed by atoms with E-state index in [4.69, 9.17) is 16.3 Å². The van der Waals surface area contributed by atoms with Crippen molar-refractivity contribution in [1.29, 1.82) is 0 Å². The Balaban J connectivity index is 1.70. The Morgan fingerprint density at radius 2 is 1.59 bits per heavy atom. The van der Waals surface area contributed by atoms with Gasteiger partial charge in [0.25, 0.3) is 0 Å². The molecule has 3 rings (SSSR count). The van der Waals surface area contributed by atoms with Gasteiger partial charge in [-0.05, 0) is 35.9 Å². The lowest BCUT2D eigenvalue weighted by Gasteiger charge is -2.17. The third-order valence-corrected chi connectivity index (χ3v) is 5.57. The van der Waals surface area contributed by atoms with Crippen LogP contribution in [0.1, 0.15) is 0 Å². The summed E-state index contributed by atoms with van der Waals surface area (Å²) in [6, 6.07) is 17.6. The van der Waals surface area contributed by atoms with Crippen molar-refractivity contribution in [2.24, 2.45) is 0 Å². The van der Waals surface area contributed by atoms with E-state index in [-0.39, 0.29) is 28.5 Å². The fraction of sp³-hybridized carbons (Fsp3) is 0.167. The summed E-state index contributed by atoms with van der Waals surface area (Å²) in [5, 5.41) is -0.0382. The number of sulfone groups is 1. The van der Waals surface area contributed by atoms with Crippen molar-refractivity contribution in [3.8, 4) is 6.01 Å². The zero-order chi connectivity index (χ0) is 19.3. The van der Waals surface area contributed by atoms with Gasteiger partial charge in [0.15, 0.2) is 9.84 Å². The van der Waals surface area contributed by atoms with E-state index < -0.39 is 9.84 Å². The first-order valence-corrected chi connectivity index (χ1v) is 10.1. The summed E-state index contributed by atoms with van der Waals surface area (Å²) in [7, 11) is -1.67. The summed E-state index contributed by atoms with van der Waals surface area (Å²) in [6.07, 6.45) is 0. The zero-order valence-corrected chi connectivity index (χ0v) is 16.1. The minimum absolute atomic E-state index is 0.0314. The topological polar surface area (TPSA) is 85.3 Å². The van der Waals surface area contributed by atoms with Crippen LogP contribution in [0.4, 0.5) is 11.6 Å². The van der Waals surface area contributed by atoms with Crippen LogP contribution in [0, 0.1) is 0 Å². The maximum Gasteiger partial charge on any atom is 0.322 e. The van der Waals surface area contributed by atoms with Crippen LogP contribution in [0.2, 0.25) is 5.28 Å². The average Bonchev–Trinajstić information content (AvgIpc) is 2.68. The van der Waals surface area contributed by atoms with Gasteiger partial charge in [-0.3, -0.25) is 0 Å². The van der Waals surface area contributed by atoms with Gasteiger partial charge >= 0.3 is 6.01 Å². The van der Waals surface area contributed by atoms with E-state index in [1.54, 1.807) is 42.3 Å². The summed E-state index contributed by atoms with van der Waals surface area (Å²) in [6.45, 7) is -0.105. The Morgan fingerprint density at radius 1 is 0.963 bits per heavy atom. The van der Waals surface area contributed by atoms with Gasteiger partial charge in [-0.1, -0.05) is 36.4 Å². The SMILES string of the molecule is CN(c1ccccc1)c1nc(Cl)nc(OCCS(=O)(=O)c2ccccc2)n1. The number of hydrogen-bond donors (Lipinski definition) is 0. The predicted octanol–water partition coefficient (Wildman–Crippen LogP) is 3.15. The maximum atomic E-state index is 12.3. The summed E-state index contributed by atoms with van der Waals surface area (Å²) < 4.78 is 30.0. The Morgan fingerprint density at radius 3 is 2.26 bits per heavy atom. The summed E-state index contributed by atoms with van der Waals surface area (Å²) >= 11 is 5.96. The number of aromatic nitrogens is 3. The molecule has 0 fully saturated rings. The molecule has 0 radical (unpaired) electrons. The van der Waals surface area contributed by atoms with Gasteiger partial charge < -0.3 is 9.64 Å². The lowest BCUT2D eigenvalue weighted by molar-refractivity contribution is 0.312. The van der Waals surface area contributed by atoms with Crippen LogP contribution in [0.25, 0.3) is 0 Å². The van der Waals surface area contributed by atoms with E-state index in [9.17, 15) is 8.42 Å². The Bertz CT molecular complexity index is 1000. The van der Waals surface area contributed by atoms with Crippen molar-refractivity contribution >= 4 is 33.1 Å². The van der Waals surface area contributed by atoms with Crippen molar-refractivity contribution < 1.29 is 13.2 Å². The predicted molar refractivity (Wildman–Crippen MR) is 103 cm³/mol. The molecule has 3 aromatic rings. The van der Waals surface area contributed by atoms with E-state index in [0.29, 0.717) is 5.95 Å². The highest BCUT2D eigenvalue weighted by atomic mass is 35.5. The first kappa shape index (κ1) is 19.1. The summed E-state index contributed by atoms with van der Waals surface area (Å²) in [5.41, 5.74) is 0.859. The lowest BCUT2D eigenvalue weighted by atomic mass is 10.3. The Hall–Kier alpha value is -2.71. The molecule has 0 bridgehead atoms. The van der Waals surface area contributed by atoms with Crippen molar-refractivity contribution in [3.05, 3.63) is 65.9 Å².